The lowest BCUT2D eigenvalue weighted by molar-refractivity contribution is -0.116. The van der Waals surface area contributed by atoms with Gasteiger partial charge in [-0.1, -0.05) is 17.8 Å². The maximum atomic E-state index is 13.1. The molecular formula is C23H24N4O3S. The second kappa shape index (κ2) is 8.55. The number of allylic oxidation sites excluding steroid dienone is 1. The van der Waals surface area contributed by atoms with E-state index in [1.54, 1.807) is 30.2 Å². The topological polar surface area (TPSA) is 81.2 Å². The molecule has 3 aromatic rings. The minimum Gasteiger partial charge on any atom is -0.469 e. The van der Waals surface area contributed by atoms with Crippen LogP contribution in [0.4, 0.5) is 5.69 Å². The van der Waals surface area contributed by atoms with E-state index < -0.39 is 0 Å². The molecule has 0 unspecified atom stereocenters. The van der Waals surface area contributed by atoms with Gasteiger partial charge in [-0.3, -0.25) is 14.2 Å². The number of ketones is 1. The first kappa shape index (κ1) is 21.1. The first-order chi connectivity index (χ1) is 14.9. The number of fused-ring (bicyclic) bond motifs is 1. The van der Waals surface area contributed by atoms with Gasteiger partial charge < -0.3 is 9.32 Å². The summed E-state index contributed by atoms with van der Waals surface area (Å²) >= 11 is 1.37. The van der Waals surface area contributed by atoms with Gasteiger partial charge in [0.25, 0.3) is 0 Å². The number of amides is 1. The van der Waals surface area contributed by atoms with Crippen LogP contribution in [0.3, 0.4) is 0 Å². The van der Waals surface area contributed by atoms with Crippen LogP contribution in [-0.4, -0.2) is 38.2 Å². The summed E-state index contributed by atoms with van der Waals surface area (Å²) in [6.45, 7) is 10.3. The summed E-state index contributed by atoms with van der Waals surface area (Å²) in [4.78, 5) is 26.6. The SMILES string of the molecule is C=CCn1c(S[C@@H](C)C(=O)c2ccc3c(c2)CCN3C(C)=O)nnc1-c1ccoc1C. The van der Waals surface area contributed by atoms with E-state index in [-0.39, 0.29) is 16.9 Å². The van der Waals surface area contributed by atoms with Crippen LogP contribution >= 0.6 is 11.8 Å². The summed E-state index contributed by atoms with van der Waals surface area (Å²) in [6.07, 6.45) is 4.16. The maximum Gasteiger partial charge on any atom is 0.223 e. The fraction of sp³-hybridized carbons (Fsp3) is 0.304. The Hall–Kier alpha value is -3.13. The van der Waals surface area contributed by atoms with Crippen molar-refractivity contribution in [3.05, 3.63) is 60.1 Å². The quantitative estimate of drug-likeness (QED) is 0.312. The third-order valence-electron chi connectivity index (χ3n) is 5.42. The first-order valence-corrected chi connectivity index (χ1v) is 11.0. The van der Waals surface area contributed by atoms with E-state index in [4.69, 9.17) is 4.42 Å². The Morgan fingerprint density at radius 1 is 1.32 bits per heavy atom. The van der Waals surface area contributed by atoms with Crippen LogP contribution in [0.2, 0.25) is 0 Å². The number of aryl methyl sites for hydroxylation is 1. The third-order valence-corrected chi connectivity index (χ3v) is 6.50. The summed E-state index contributed by atoms with van der Waals surface area (Å²) in [7, 11) is 0. The van der Waals surface area contributed by atoms with Crippen molar-refractivity contribution in [1.29, 1.82) is 0 Å². The molecule has 0 spiro atoms. The highest BCUT2D eigenvalue weighted by molar-refractivity contribution is 8.00. The van der Waals surface area contributed by atoms with Crippen molar-refractivity contribution in [2.75, 3.05) is 11.4 Å². The van der Waals surface area contributed by atoms with Crippen molar-refractivity contribution in [2.45, 2.75) is 44.1 Å². The van der Waals surface area contributed by atoms with Gasteiger partial charge in [0.05, 0.1) is 17.1 Å². The van der Waals surface area contributed by atoms with E-state index in [1.165, 1.54) is 11.8 Å². The Morgan fingerprint density at radius 3 is 2.81 bits per heavy atom. The van der Waals surface area contributed by atoms with Gasteiger partial charge >= 0.3 is 0 Å². The molecule has 0 N–H and O–H groups in total. The average Bonchev–Trinajstić information content (AvgIpc) is 3.46. The molecule has 2 aromatic heterocycles. The highest BCUT2D eigenvalue weighted by Gasteiger charge is 2.26. The largest absolute Gasteiger partial charge is 0.469 e. The lowest BCUT2D eigenvalue weighted by Crippen LogP contribution is -2.25. The van der Waals surface area contributed by atoms with Gasteiger partial charge in [0.1, 0.15) is 5.76 Å². The number of furan rings is 1. The Kier molecular flexibility index (Phi) is 5.82. The van der Waals surface area contributed by atoms with Crippen LogP contribution in [-0.2, 0) is 17.8 Å². The summed E-state index contributed by atoms with van der Waals surface area (Å²) < 4.78 is 7.34. The van der Waals surface area contributed by atoms with Crippen LogP contribution in [0.5, 0.6) is 0 Å². The number of carbonyl (C=O) groups is 2. The molecule has 0 bridgehead atoms. The molecule has 160 valence electrons. The molecule has 1 aromatic carbocycles. The van der Waals surface area contributed by atoms with E-state index in [1.807, 2.05) is 36.6 Å². The first-order valence-electron chi connectivity index (χ1n) is 10.1. The smallest absolute Gasteiger partial charge is 0.223 e. The van der Waals surface area contributed by atoms with Crippen molar-refractivity contribution >= 4 is 29.1 Å². The summed E-state index contributed by atoms with van der Waals surface area (Å²) in [5.41, 5.74) is 3.44. The van der Waals surface area contributed by atoms with Gasteiger partial charge in [0.15, 0.2) is 16.8 Å². The number of Topliss-reactive ketones (excluding diaryl/α,β-unsaturated/α-hetero) is 1. The molecule has 1 amide bonds. The van der Waals surface area contributed by atoms with E-state index >= 15 is 0 Å². The minimum absolute atomic E-state index is 0.0169. The molecule has 7 nitrogen and oxygen atoms in total. The van der Waals surface area contributed by atoms with E-state index in [0.717, 1.165) is 29.0 Å². The predicted octanol–water partition coefficient (Wildman–Crippen LogP) is 4.31. The van der Waals surface area contributed by atoms with Gasteiger partial charge in [0, 0.05) is 31.3 Å². The number of hydrogen-bond donors (Lipinski definition) is 0. The van der Waals surface area contributed by atoms with Gasteiger partial charge in [0.2, 0.25) is 5.91 Å². The number of nitrogens with zero attached hydrogens (tertiary/aromatic N) is 4. The molecular weight excluding hydrogens is 412 g/mol. The molecule has 1 atom stereocenters. The molecule has 0 aliphatic carbocycles. The average molecular weight is 437 g/mol. The van der Waals surface area contributed by atoms with Crippen molar-refractivity contribution in [2.24, 2.45) is 0 Å². The van der Waals surface area contributed by atoms with E-state index in [0.29, 0.717) is 29.6 Å². The van der Waals surface area contributed by atoms with Crippen LogP contribution < -0.4 is 4.90 Å². The summed E-state index contributed by atoms with van der Waals surface area (Å²) in [5.74, 6) is 1.49. The highest BCUT2D eigenvalue weighted by Crippen LogP contribution is 2.32. The molecule has 4 rings (SSSR count). The Morgan fingerprint density at radius 2 is 2.13 bits per heavy atom. The van der Waals surface area contributed by atoms with Crippen LogP contribution in [0.15, 0.2) is 52.8 Å². The van der Waals surface area contributed by atoms with Crippen molar-refractivity contribution in [1.82, 2.24) is 14.8 Å². The fourth-order valence-corrected chi connectivity index (χ4v) is 4.75. The van der Waals surface area contributed by atoms with Gasteiger partial charge in [-0.15, -0.1) is 16.8 Å². The molecule has 0 radical (unpaired) electrons. The number of thioether (sulfide) groups is 1. The lowest BCUT2D eigenvalue weighted by atomic mass is 10.0. The van der Waals surface area contributed by atoms with E-state index in [2.05, 4.69) is 16.8 Å². The van der Waals surface area contributed by atoms with Crippen LogP contribution in [0, 0.1) is 6.92 Å². The maximum absolute atomic E-state index is 13.1. The highest BCUT2D eigenvalue weighted by atomic mass is 32.2. The van der Waals surface area contributed by atoms with Crippen molar-refractivity contribution in [3.63, 3.8) is 0 Å². The number of anilines is 1. The standard InChI is InChI=1S/C23H24N4O3S/c1-5-10-27-22(19-9-12-30-14(19)2)24-25-23(27)31-15(3)21(29)18-6-7-20-17(13-18)8-11-26(20)16(4)28/h5-7,9,12-13,15H,1,8,10-11H2,2-4H3/t15-/m0/s1. The number of carbonyl (C=O) groups excluding carboxylic acids is 2. The molecule has 1 aliphatic heterocycles. The van der Waals surface area contributed by atoms with Gasteiger partial charge in [-0.25, -0.2) is 0 Å². The molecule has 0 saturated carbocycles. The van der Waals surface area contributed by atoms with Gasteiger partial charge in [-0.05, 0) is 50.1 Å². The molecule has 1 aliphatic rings. The van der Waals surface area contributed by atoms with Crippen molar-refractivity contribution < 1.29 is 14.0 Å². The molecule has 8 heteroatoms. The molecule has 0 saturated heterocycles. The minimum atomic E-state index is -0.352. The summed E-state index contributed by atoms with van der Waals surface area (Å²) in [5, 5.41) is 8.96. The fourth-order valence-electron chi connectivity index (χ4n) is 3.81. The zero-order chi connectivity index (χ0) is 22.1. The number of benzene rings is 1. The van der Waals surface area contributed by atoms with Crippen LogP contribution in [0.1, 0.15) is 35.5 Å². The summed E-state index contributed by atoms with van der Waals surface area (Å²) in [6, 6.07) is 7.44. The second-order valence-electron chi connectivity index (χ2n) is 7.48. The Balaban J connectivity index is 1.56. The monoisotopic (exact) mass is 436 g/mol. The molecule has 3 heterocycles. The molecule has 0 fully saturated rings. The number of rotatable bonds is 7. The van der Waals surface area contributed by atoms with E-state index in [9.17, 15) is 9.59 Å². The van der Waals surface area contributed by atoms with Crippen LogP contribution in [0.25, 0.3) is 11.4 Å². The van der Waals surface area contributed by atoms with Gasteiger partial charge in [-0.2, -0.15) is 0 Å². The Bertz CT molecular complexity index is 1160. The zero-order valence-corrected chi connectivity index (χ0v) is 18.6. The third kappa shape index (κ3) is 3.95. The number of aromatic nitrogens is 3. The molecule has 31 heavy (non-hydrogen) atoms. The normalized spacial score (nSPS) is 13.8. The Labute approximate surface area is 185 Å². The second-order valence-corrected chi connectivity index (χ2v) is 8.79. The predicted molar refractivity (Wildman–Crippen MR) is 120 cm³/mol. The van der Waals surface area contributed by atoms with Crippen molar-refractivity contribution in [3.8, 4) is 11.4 Å². The lowest BCUT2D eigenvalue weighted by Gasteiger charge is -2.15. The zero-order valence-electron chi connectivity index (χ0n) is 17.8. The number of hydrogen-bond acceptors (Lipinski definition) is 6.